The van der Waals surface area contributed by atoms with Gasteiger partial charge in [0.05, 0.1) is 12.1 Å². The standard InChI is InChI=1S/C13H12N4O/c1-3-8-17-12-9-6-4-5-7-10(9)16(2)13(18)11(12)14-15-17/h3-7H,1,8H2,2H3. The molecule has 0 atom stereocenters. The Morgan fingerprint density at radius 3 is 2.94 bits per heavy atom. The number of pyridine rings is 1. The van der Waals surface area contributed by atoms with E-state index in [1.54, 1.807) is 22.4 Å². The van der Waals surface area contributed by atoms with Gasteiger partial charge in [0.2, 0.25) is 0 Å². The van der Waals surface area contributed by atoms with Gasteiger partial charge in [-0.3, -0.25) is 4.79 Å². The molecule has 3 rings (SSSR count). The van der Waals surface area contributed by atoms with Crippen LogP contribution in [-0.4, -0.2) is 19.6 Å². The average Bonchev–Trinajstić information content (AvgIpc) is 2.81. The van der Waals surface area contributed by atoms with Crippen molar-refractivity contribution in [3.05, 3.63) is 47.3 Å². The summed E-state index contributed by atoms with van der Waals surface area (Å²) in [5.74, 6) is 0. The molecule has 0 saturated carbocycles. The van der Waals surface area contributed by atoms with Crippen LogP contribution in [0.2, 0.25) is 0 Å². The lowest BCUT2D eigenvalue weighted by atomic mass is 10.2. The quantitative estimate of drug-likeness (QED) is 0.637. The molecule has 0 aliphatic carbocycles. The molecule has 0 bridgehead atoms. The van der Waals surface area contributed by atoms with Gasteiger partial charge in [-0.05, 0) is 6.07 Å². The highest BCUT2D eigenvalue weighted by Gasteiger charge is 2.13. The van der Waals surface area contributed by atoms with Crippen molar-refractivity contribution in [1.29, 1.82) is 0 Å². The zero-order valence-electron chi connectivity index (χ0n) is 10.00. The van der Waals surface area contributed by atoms with Crippen LogP contribution in [0.15, 0.2) is 41.7 Å². The number of para-hydroxylation sites is 1. The third kappa shape index (κ3) is 1.30. The average molecular weight is 240 g/mol. The number of aryl methyl sites for hydroxylation is 1. The second kappa shape index (κ2) is 3.80. The van der Waals surface area contributed by atoms with Crippen molar-refractivity contribution in [2.24, 2.45) is 7.05 Å². The van der Waals surface area contributed by atoms with Gasteiger partial charge >= 0.3 is 0 Å². The van der Waals surface area contributed by atoms with Crippen molar-refractivity contribution in [2.45, 2.75) is 6.54 Å². The topological polar surface area (TPSA) is 52.7 Å². The number of hydrogen-bond acceptors (Lipinski definition) is 3. The first-order valence-corrected chi connectivity index (χ1v) is 5.66. The molecule has 0 unspecified atom stereocenters. The van der Waals surface area contributed by atoms with Crippen molar-refractivity contribution in [2.75, 3.05) is 0 Å². The molecule has 0 spiro atoms. The molecule has 2 aromatic heterocycles. The van der Waals surface area contributed by atoms with Gasteiger partial charge in [0.15, 0.2) is 5.52 Å². The maximum atomic E-state index is 12.2. The summed E-state index contributed by atoms with van der Waals surface area (Å²) in [7, 11) is 1.75. The Morgan fingerprint density at radius 1 is 1.39 bits per heavy atom. The number of fused-ring (bicyclic) bond motifs is 3. The molecule has 0 aliphatic heterocycles. The summed E-state index contributed by atoms with van der Waals surface area (Å²) in [5.41, 5.74) is 1.92. The van der Waals surface area contributed by atoms with Gasteiger partial charge in [-0.25, -0.2) is 4.68 Å². The van der Waals surface area contributed by atoms with Gasteiger partial charge in [0.25, 0.3) is 5.56 Å². The first-order valence-electron chi connectivity index (χ1n) is 5.66. The summed E-state index contributed by atoms with van der Waals surface area (Å²) in [5, 5.41) is 8.97. The minimum Gasteiger partial charge on any atom is -0.309 e. The van der Waals surface area contributed by atoms with E-state index in [2.05, 4.69) is 16.9 Å². The monoisotopic (exact) mass is 240 g/mol. The second-order valence-electron chi connectivity index (χ2n) is 4.14. The molecule has 90 valence electrons. The zero-order valence-corrected chi connectivity index (χ0v) is 10.00. The summed E-state index contributed by atoms with van der Waals surface area (Å²) in [6.07, 6.45) is 1.74. The van der Waals surface area contributed by atoms with Gasteiger partial charge in [0, 0.05) is 12.4 Å². The third-order valence-corrected chi connectivity index (χ3v) is 3.06. The van der Waals surface area contributed by atoms with Crippen molar-refractivity contribution >= 4 is 21.9 Å². The zero-order chi connectivity index (χ0) is 12.7. The van der Waals surface area contributed by atoms with Crippen molar-refractivity contribution in [1.82, 2.24) is 19.6 Å². The van der Waals surface area contributed by atoms with Gasteiger partial charge in [-0.15, -0.1) is 11.7 Å². The van der Waals surface area contributed by atoms with Crippen LogP contribution in [-0.2, 0) is 13.6 Å². The van der Waals surface area contributed by atoms with Crippen LogP contribution in [0.4, 0.5) is 0 Å². The number of benzene rings is 1. The van der Waals surface area contributed by atoms with Crippen molar-refractivity contribution in [3.8, 4) is 0 Å². The molecule has 0 fully saturated rings. The smallest absolute Gasteiger partial charge is 0.280 e. The summed E-state index contributed by atoms with van der Waals surface area (Å²) in [6, 6.07) is 7.74. The lowest BCUT2D eigenvalue weighted by Gasteiger charge is -2.06. The Hall–Kier alpha value is -2.43. The van der Waals surface area contributed by atoms with E-state index in [0.29, 0.717) is 12.1 Å². The molecule has 18 heavy (non-hydrogen) atoms. The van der Waals surface area contributed by atoms with Crippen LogP contribution in [0.1, 0.15) is 0 Å². The number of rotatable bonds is 2. The fraction of sp³-hybridized carbons (Fsp3) is 0.154. The Balaban J connectivity index is 2.60. The van der Waals surface area contributed by atoms with Gasteiger partial charge in [-0.1, -0.05) is 29.5 Å². The van der Waals surface area contributed by atoms with Crippen LogP contribution < -0.4 is 5.56 Å². The van der Waals surface area contributed by atoms with E-state index in [1.807, 2.05) is 24.3 Å². The first kappa shape index (κ1) is 10.7. The highest BCUT2D eigenvalue weighted by molar-refractivity contribution is 6.01. The molecule has 3 aromatic rings. The molecule has 0 amide bonds. The predicted molar refractivity (Wildman–Crippen MR) is 70.5 cm³/mol. The Bertz CT molecular complexity index is 813. The van der Waals surface area contributed by atoms with Crippen LogP contribution in [0.25, 0.3) is 21.9 Å². The second-order valence-corrected chi connectivity index (χ2v) is 4.14. The molecule has 0 N–H and O–H groups in total. The number of aromatic nitrogens is 4. The van der Waals surface area contributed by atoms with Gasteiger partial charge in [0.1, 0.15) is 5.52 Å². The predicted octanol–water partition coefficient (Wildman–Crippen LogP) is 1.47. The van der Waals surface area contributed by atoms with Crippen molar-refractivity contribution in [3.63, 3.8) is 0 Å². The lowest BCUT2D eigenvalue weighted by Crippen LogP contribution is -2.17. The number of nitrogens with zero attached hydrogens (tertiary/aromatic N) is 4. The molecule has 0 saturated heterocycles. The Morgan fingerprint density at radius 2 is 2.17 bits per heavy atom. The summed E-state index contributed by atoms with van der Waals surface area (Å²) >= 11 is 0. The molecule has 1 aromatic carbocycles. The Labute approximate surface area is 103 Å². The van der Waals surface area contributed by atoms with Crippen LogP contribution in [0.3, 0.4) is 0 Å². The third-order valence-electron chi connectivity index (χ3n) is 3.06. The fourth-order valence-corrected chi connectivity index (χ4v) is 2.21. The minimum atomic E-state index is -0.126. The molecule has 2 heterocycles. The maximum absolute atomic E-state index is 12.2. The Kier molecular flexibility index (Phi) is 2.26. The van der Waals surface area contributed by atoms with Gasteiger partial charge < -0.3 is 4.57 Å². The van der Waals surface area contributed by atoms with E-state index < -0.39 is 0 Å². The molecule has 0 aliphatic rings. The van der Waals surface area contributed by atoms with Gasteiger partial charge in [-0.2, -0.15) is 0 Å². The summed E-state index contributed by atoms with van der Waals surface area (Å²) < 4.78 is 3.30. The van der Waals surface area contributed by atoms with E-state index in [0.717, 1.165) is 16.4 Å². The molecule has 5 nitrogen and oxygen atoms in total. The highest BCUT2D eigenvalue weighted by Crippen LogP contribution is 2.20. The van der Waals surface area contributed by atoms with E-state index in [9.17, 15) is 4.79 Å². The normalized spacial score (nSPS) is 11.2. The highest BCUT2D eigenvalue weighted by atomic mass is 16.1. The number of allylic oxidation sites excluding steroid dienone is 1. The number of hydrogen-bond donors (Lipinski definition) is 0. The largest absolute Gasteiger partial charge is 0.309 e. The fourth-order valence-electron chi connectivity index (χ4n) is 2.21. The van der Waals surface area contributed by atoms with E-state index in [1.165, 1.54) is 0 Å². The molecular formula is C13H12N4O. The maximum Gasteiger partial charge on any atom is 0.280 e. The van der Waals surface area contributed by atoms with E-state index in [-0.39, 0.29) is 5.56 Å². The summed E-state index contributed by atoms with van der Waals surface area (Å²) in [4.78, 5) is 12.2. The summed E-state index contributed by atoms with van der Waals surface area (Å²) in [6.45, 7) is 4.23. The van der Waals surface area contributed by atoms with E-state index in [4.69, 9.17) is 0 Å². The lowest BCUT2D eigenvalue weighted by molar-refractivity contribution is 0.684. The van der Waals surface area contributed by atoms with E-state index >= 15 is 0 Å². The van der Waals surface area contributed by atoms with Crippen LogP contribution in [0.5, 0.6) is 0 Å². The minimum absolute atomic E-state index is 0.126. The molecular weight excluding hydrogens is 228 g/mol. The first-order chi connectivity index (χ1) is 8.74. The van der Waals surface area contributed by atoms with Crippen molar-refractivity contribution < 1.29 is 0 Å². The molecule has 0 radical (unpaired) electrons. The SMILES string of the molecule is C=CCn1nnc2c(=O)n(C)c3ccccc3c21. The molecule has 5 heteroatoms. The van der Waals surface area contributed by atoms with Crippen LogP contribution >= 0.6 is 0 Å². The van der Waals surface area contributed by atoms with Crippen LogP contribution in [0, 0.1) is 0 Å².